The van der Waals surface area contributed by atoms with Crippen molar-refractivity contribution in [2.75, 3.05) is 33.2 Å². The molecule has 1 aliphatic rings. The molecule has 0 aliphatic carbocycles. The molecule has 2 N–H and O–H groups in total. The number of carbonyl (C=O) groups is 1. The number of benzene rings is 1. The Hall–Kier alpha value is -1.19. The summed E-state index contributed by atoms with van der Waals surface area (Å²) in [5.41, 5.74) is 1.05. The van der Waals surface area contributed by atoms with Gasteiger partial charge in [0.25, 0.3) is 0 Å². The van der Waals surface area contributed by atoms with Gasteiger partial charge in [0.05, 0.1) is 0 Å². The molecule has 1 aromatic carbocycles. The maximum absolute atomic E-state index is 12.2. The van der Waals surface area contributed by atoms with Gasteiger partial charge < -0.3 is 0 Å². The van der Waals surface area contributed by atoms with E-state index < -0.39 is 11.5 Å². The molecular formula is C18H19BrClN3O4Se. The molecule has 3 heterocycles. The van der Waals surface area contributed by atoms with Crippen molar-refractivity contribution < 1.29 is 14.4 Å². The minimum atomic E-state index is -0.869. The van der Waals surface area contributed by atoms with E-state index >= 15 is 0 Å². The van der Waals surface area contributed by atoms with Gasteiger partial charge in [-0.25, -0.2) is 0 Å². The van der Waals surface area contributed by atoms with Gasteiger partial charge in [0, 0.05) is 0 Å². The smallest absolute Gasteiger partial charge is 0.147 e. The molecule has 0 atom stereocenters. The van der Waals surface area contributed by atoms with Gasteiger partial charge in [-0.2, -0.15) is 0 Å². The van der Waals surface area contributed by atoms with Crippen LogP contribution in [-0.2, 0) is 6.54 Å². The molecule has 0 radical (unpaired) electrons. The van der Waals surface area contributed by atoms with Crippen molar-refractivity contribution in [3.8, 4) is 0 Å². The maximum atomic E-state index is 12.2. The third-order valence-electron chi connectivity index (χ3n) is 4.87. The van der Waals surface area contributed by atoms with E-state index in [1.54, 1.807) is 0 Å². The molecule has 1 saturated heterocycles. The van der Waals surface area contributed by atoms with Crippen LogP contribution in [0.1, 0.15) is 14.8 Å². The summed E-state index contributed by atoms with van der Waals surface area (Å²) in [5, 5.41) is 10.5. The number of fused-ring (bicyclic) bond motifs is 3. The zero-order valence-corrected chi connectivity index (χ0v) is 19.1. The minimum Gasteiger partial charge on any atom is -0.147 e. The molecular weight excluding hydrogens is 517 g/mol. The number of nitrogens with one attached hydrogen (secondary N) is 1. The summed E-state index contributed by atoms with van der Waals surface area (Å²) in [4.78, 5) is 28.6. The summed E-state index contributed by atoms with van der Waals surface area (Å²) < 4.78 is 8.91. The topological polar surface area (TPSA) is 86.0 Å². The Balaban J connectivity index is 0.00000225. The van der Waals surface area contributed by atoms with Gasteiger partial charge in [-0.1, -0.05) is 0 Å². The van der Waals surface area contributed by atoms with Gasteiger partial charge >= 0.3 is 170 Å². The molecule has 28 heavy (non-hydrogen) atoms. The molecule has 1 amide bonds. The summed E-state index contributed by atoms with van der Waals surface area (Å²) in [6, 6.07) is 5.29. The van der Waals surface area contributed by atoms with Crippen molar-refractivity contribution >= 4 is 69.4 Å². The van der Waals surface area contributed by atoms with Gasteiger partial charge in [-0.15, -0.1) is 12.4 Å². The average Bonchev–Trinajstić information content (AvgIpc) is 2.98. The number of halogens is 2. The maximum Gasteiger partial charge on any atom is -0.147 e. The van der Waals surface area contributed by atoms with Crippen LogP contribution in [0.15, 0.2) is 31.9 Å². The van der Waals surface area contributed by atoms with E-state index in [-0.39, 0.29) is 32.5 Å². The van der Waals surface area contributed by atoms with E-state index in [1.165, 1.54) is 16.0 Å². The summed E-state index contributed by atoms with van der Waals surface area (Å²) in [5.74, 6) is -0.869. The molecule has 1 aliphatic heterocycles. The van der Waals surface area contributed by atoms with Crippen LogP contribution < -0.4 is 11.1 Å². The van der Waals surface area contributed by atoms with Gasteiger partial charge in [0.1, 0.15) is 0 Å². The Morgan fingerprint density at radius 3 is 2.71 bits per heavy atom. The third kappa shape index (κ3) is 3.93. The Labute approximate surface area is 181 Å². The van der Waals surface area contributed by atoms with Crippen LogP contribution in [0, 0.1) is 0 Å². The van der Waals surface area contributed by atoms with Crippen molar-refractivity contribution in [2.45, 2.75) is 6.54 Å². The Kier molecular flexibility index (Phi) is 6.66. The molecule has 0 bridgehead atoms. The standard InChI is InChI=1S/C18H18BrN3O4Se.ClH/c1-21-4-6-22(7-5-21)9-13-14(19)11-3-2-10-8-12(17(23)20-25)18(24)26-15(10)16(11)27-13;/h2-3,8,25H,4-7,9H2,1H3,(H,20,23);1H. The zero-order valence-electron chi connectivity index (χ0n) is 15.0. The first kappa shape index (κ1) is 21.5. The predicted molar refractivity (Wildman–Crippen MR) is 114 cm³/mol. The zero-order chi connectivity index (χ0) is 19.1. The van der Waals surface area contributed by atoms with Crippen molar-refractivity contribution in [1.29, 1.82) is 0 Å². The molecule has 7 nitrogen and oxygen atoms in total. The minimum absolute atomic E-state index is 0. The summed E-state index contributed by atoms with van der Waals surface area (Å²) >= 11 is 3.77. The molecule has 2 aromatic heterocycles. The van der Waals surface area contributed by atoms with Crippen molar-refractivity contribution in [3.63, 3.8) is 0 Å². The number of likely N-dealkylation sites (N-methyl/N-ethyl adjacent to an activating group) is 1. The van der Waals surface area contributed by atoms with E-state index in [2.05, 4.69) is 32.8 Å². The normalized spacial score (nSPS) is 15.7. The fourth-order valence-corrected chi connectivity index (χ4v) is 7.02. The predicted octanol–water partition coefficient (Wildman–Crippen LogP) is 2.05. The van der Waals surface area contributed by atoms with E-state index in [9.17, 15) is 9.59 Å². The Bertz CT molecular complexity index is 1090. The quantitative estimate of drug-likeness (QED) is 0.231. The van der Waals surface area contributed by atoms with E-state index in [0.717, 1.165) is 46.8 Å². The molecule has 4 rings (SSSR count). The first-order chi connectivity index (χ1) is 13.0. The van der Waals surface area contributed by atoms with Crippen LogP contribution >= 0.6 is 28.3 Å². The molecule has 150 valence electrons. The Morgan fingerprint density at radius 1 is 1.32 bits per heavy atom. The number of amides is 1. The van der Waals surface area contributed by atoms with Crippen LogP contribution in [-0.4, -0.2) is 68.6 Å². The number of piperazine rings is 1. The molecule has 1 fully saturated rings. The van der Waals surface area contributed by atoms with Crippen LogP contribution in [0.2, 0.25) is 0 Å². The second-order valence-corrected chi connectivity index (χ2v) is 9.78. The van der Waals surface area contributed by atoms with Crippen LogP contribution in [0.5, 0.6) is 0 Å². The van der Waals surface area contributed by atoms with Gasteiger partial charge in [-0.05, 0) is 0 Å². The van der Waals surface area contributed by atoms with Crippen molar-refractivity contribution in [3.05, 3.63) is 43.1 Å². The fourth-order valence-electron chi connectivity index (χ4n) is 3.28. The summed E-state index contributed by atoms with van der Waals surface area (Å²) in [6.45, 7) is 5.13. The van der Waals surface area contributed by atoms with E-state index in [1.807, 2.05) is 12.1 Å². The van der Waals surface area contributed by atoms with Crippen LogP contribution in [0.25, 0.3) is 20.6 Å². The van der Waals surface area contributed by atoms with Crippen LogP contribution in [0.4, 0.5) is 0 Å². The van der Waals surface area contributed by atoms with Crippen molar-refractivity contribution in [1.82, 2.24) is 15.3 Å². The molecule has 10 heteroatoms. The second kappa shape index (κ2) is 8.67. The average molecular weight is 536 g/mol. The monoisotopic (exact) mass is 535 g/mol. The third-order valence-corrected chi connectivity index (χ3v) is 8.86. The van der Waals surface area contributed by atoms with Gasteiger partial charge in [0.2, 0.25) is 0 Å². The summed E-state index contributed by atoms with van der Waals surface area (Å²) in [7, 11) is 2.14. The first-order valence-corrected chi connectivity index (χ1v) is 11.0. The van der Waals surface area contributed by atoms with Crippen LogP contribution in [0.3, 0.4) is 0 Å². The molecule has 3 aromatic rings. The SMILES string of the molecule is CN1CCN(Cc2[se]c3c(ccc4cc(C(=O)NO)c(=O)oc43)c2Br)CC1.Cl. The number of nitrogens with zero attached hydrogens (tertiary/aromatic N) is 2. The Morgan fingerprint density at radius 2 is 2.04 bits per heavy atom. The summed E-state index contributed by atoms with van der Waals surface area (Å²) in [6.07, 6.45) is 0. The van der Waals surface area contributed by atoms with Gasteiger partial charge in [0.15, 0.2) is 0 Å². The number of rotatable bonds is 3. The molecule has 0 saturated carbocycles. The second-order valence-electron chi connectivity index (χ2n) is 6.67. The molecule has 0 spiro atoms. The largest absolute Gasteiger partial charge is 0.147 e. The molecule has 0 unspecified atom stereocenters. The number of hydrogen-bond acceptors (Lipinski definition) is 6. The van der Waals surface area contributed by atoms with E-state index in [0.29, 0.717) is 11.0 Å². The number of hydroxylamine groups is 1. The fraction of sp³-hybridized carbons (Fsp3) is 0.333. The number of carbonyl (C=O) groups excluding carboxylic acids is 1. The van der Waals surface area contributed by atoms with E-state index in [4.69, 9.17) is 9.62 Å². The van der Waals surface area contributed by atoms with Crippen molar-refractivity contribution in [2.24, 2.45) is 0 Å². The van der Waals surface area contributed by atoms with Gasteiger partial charge in [-0.3, -0.25) is 0 Å². The number of hydrogen-bond donors (Lipinski definition) is 2. The first-order valence-electron chi connectivity index (χ1n) is 8.51.